The fourth-order valence-corrected chi connectivity index (χ4v) is 1.81. The number of nitrogens with one attached hydrogen (secondary N) is 1. The van der Waals surface area contributed by atoms with Crippen LogP contribution in [-0.4, -0.2) is 18.5 Å². The van der Waals surface area contributed by atoms with Crippen molar-refractivity contribution in [1.29, 1.82) is 0 Å². The van der Waals surface area contributed by atoms with Crippen molar-refractivity contribution in [2.75, 3.05) is 11.9 Å². The molecule has 0 unspecified atom stereocenters. The molecule has 0 saturated carbocycles. The Labute approximate surface area is 127 Å². The smallest absolute Gasteiger partial charge is 0.330 e. The molecule has 1 aromatic carbocycles. The fourth-order valence-electron chi connectivity index (χ4n) is 1.35. The molecule has 0 aliphatic heterocycles. The van der Waals surface area contributed by atoms with Gasteiger partial charge >= 0.3 is 5.97 Å². The van der Waals surface area contributed by atoms with Gasteiger partial charge in [-0.05, 0) is 25.0 Å². The first-order valence-electron chi connectivity index (χ1n) is 6.03. The standard InChI is InChI=1S/C14H15Cl2NO3/c1-3-4-5-12(19)20-8-11(18)17-14-10(15)7-6-9(2)13(14)16/h4-7H,3,8H2,1-2H3,(H,17,18)/b5-4+. The van der Waals surface area contributed by atoms with E-state index in [0.717, 1.165) is 12.0 Å². The molecule has 1 amide bonds. The molecule has 20 heavy (non-hydrogen) atoms. The van der Waals surface area contributed by atoms with Crippen LogP contribution >= 0.6 is 23.2 Å². The van der Waals surface area contributed by atoms with E-state index >= 15 is 0 Å². The van der Waals surface area contributed by atoms with Gasteiger partial charge in [-0.15, -0.1) is 0 Å². The summed E-state index contributed by atoms with van der Waals surface area (Å²) in [4.78, 5) is 22.9. The van der Waals surface area contributed by atoms with Crippen LogP contribution in [0.25, 0.3) is 0 Å². The van der Waals surface area contributed by atoms with E-state index in [4.69, 9.17) is 27.9 Å². The van der Waals surface area contributed by atoms with Crippen molar-refractivity contribution in [2.45, 2.75) is 20.3 Å². The molecule has 0 fully saturated rings. The van der Waals surface area contributed by atoms with Crippen molar-refractivity contribution in [3.8, 4) is 0 Å². The molecule has 0 heterocycles. The van der Waals surface area contributed by atoms with E-state index in [2.05, 4.69) is 5.32 Å². The third-order valence-corrected chi connectivity index (χ3v) is 3.19. The molecule has 1 N–H and O–H groups in total. The van der Waals surface area contributed by atoms with Crippen molar-refractivity contribution >= 4 is 40.8 Å². The van der Waals surface area contributed by atoms with Crippen molar-refractivity contribution < 1.29 is 14.3 Å². The summed E-state index contributed by atoms with van der Waals surface area (Å²) < 4.78 is 4.76. The Morgan fingerprint density at radius 1 is 1.35 bits per heavy atom. The maximum atomic E-state index is 11.7. The Morgan fingerprint density at radius 2 is 2.05 bits per heavy atom. The number of aryl methyl sites for hydroxylation is 1. The lowest BCUT2D eigenvalue weighted by Gasteiger charge is -2.11. The minimum Gasteiger partial charge on any atom is -0.452 e. The number of amides is 1. The molecule has 4 nitrogen and oxygen atoms in total. The number of hydrogen-bond donors (Lipinski definition) is 1. The highest BCUT2D eigenvalue weighted by Gasteiger charge is 2.12. The number of hydrogen-bond acceptors (Lipinski definition) is 3. The third-order valence-electron chi connectivity index (χ3n) is 2.38. The van der Waals surface area contributed by atoms with Crippen LogP contribution in [0.2, 0.25) is 10.0 Å². The second kappa shape index (κ2) is 7.92. The third kappa shape index (κ3) is 4.87. The number of anilines is 1. The minimum absolute atomic E-state index is 0.318. The second-order valence-electron chi connectivity index (χ2n) is 4.02. The van der Waals surface area contributed by atoms with Gasteiger partial charge in [0.15, 0.2) is 6.61 Å². The molecule has 6 heteroatoms. The molecule has 0 aromatic heterocycles. The summed E-state index contributed by atoms with van der Waals surface area (Å²) in [6, 6.07) is 3.38. The fraction of sp³-hybridized carbons (Fsp3) is 0.286. The Kier molecular flexibility index (Phi) is 6.55. The number of esters is 1. The monoisotopic (exact) mass is 315 g/mol. The maximum Gasteiger partial charge on any atom is 0.330 e. The number of ether oxygens (including phenoxy) is 1. The number of benzene rings is 1. The first-order valence-corrected chi connectivity index (χ1v) is 6.79. The van der Waals surface area contributed by atoms with Gasteiger partial charge in [-0.1, -0.05) is 42.3 Å². The Balaban J connectivity index is 2.62. The molecule has 1 rings (SSSR count). The Morgan fingerprint density at radius 3 is 2.70 bits per heavy atom. The Hall–Kier alpha value is -1.52. The lowest BCUT2D eigenvalue weighted by molar-refractivity contribution is -0.142. The molecule has 0 aliphatic carbocycles. The summed E-state index contributed by atoms with van der Waals surface area (Å²) in [7, 11) is 0. The summed E-state index contributed by atoms with van der Waals surface area (Å²) >= 11 is 12.0. The van der Waals surface area contributed by atoms with Gasteiger partial charge in [-0.2, -0.15) is 0 Å². The van der Waals surface area contributed by atoms with E-state index in [1.54, 1.807) is 25.1 Å². The van der Waals surface area contributed by atoms with E-state index in [0.29, 0.717) is 15.7 Å². The van der Waals surface area contributed by atoms with Crippen LogP contribution in [0.5, 0.6) is 0 Å². The number of allylic oxidation sites excluding steroid dienone is 1. The zero-order chi connectivity index (χ0) is 15.1. The molecule has 0 spiro atoms. The van der Waals surface area contributed by atoms with Crippen molar-refractivity contribution in [2.24, 2.45) is 0 Å². The van der Waals surface area contributed by atoms with Gasteiger partial charge in [0, 0.05) is 6.08 Å². The summed E-state index contributed by atoms with van der Waals surface area (Å²) in [6.45, 7) is 3.29. The van der Waals surface area contributed by atoms with E-state index in [-0.39, 0.29) is 0 Å². The van der Waals surface area contributed by atoms with Gasteiger partial charge in [-0.25, -0.2) is 4.79 Å². The molecule has 0 aliphatic rings. The predicted octanol–water partition coefficient (Wildman–Crippen LogP) is 3.75. The van der Waals surface area contributed by atoms with Gasteiger partial charge in [-0.3, -0.25) is 4.79 Å². The number of carbonyl (C=O) groups is 2. The molecular weight excluding hydrogens is 301 g/mol. The SMILES string of the molecule is CC/C=C/C(=O)OCC(=O)Nc1c(Cl)ccc(C)c1Cl. The van der Waals surface area contributed by atoms with Crippen molar-refractivity contribution in [1.82, 2.24) is 0 Å². The number of halogens is 2. The predicted molar refractivity (Wildman–Crippen MR) is 80.2 cm³/mol. The van der Waals surface area contributed by atoms with Gasteiger partial charge in [0.05, 0.1) is 15.7 Å². The zero-order valence-electron chi connectivity index (χ0n) is 11.2. The largest absolute Gasteiger partial charge is 0.452 e. The first kappa shape index (κ1) is 16.5. The van der Waals surface area contributed by atoms with Crippen LogP contribution < -0.4 is 5.32 Å². The first-order chi connectivity index (χ1) is 9.45. The molecular formula is C14H15Cl2NO3. The van der Waals surface area contributed by atoms with Gasteiger partial charge in [0.25, 0.3) is 5.91 Å². The van der Waals surface area contributed by atoms with Gasteiger partial charge in [0.2, 0.25) is 0 Å². The number of carbonyl (C=O) groups excluding carboxylic acids is 2. The minimum atomic E-state index is -0.566. The summed E-state index contributed by atoms with van der Waals surface area (Å²) in [5.74, 6) is -1.07. The average Bonchev–Trinajstić information content (AvgIpc) is 2.43. The van der Waals surface area contributed by atoms with E-state index < -0.39 is 18.5 Å². The van der Waals surface area contributed by atoms with E-state index in [1.165, 1.54) is 6.08 Å². The maximum absolute atomic E-state index is 11.7. The van der Waals surface area contributed by atoms with Crippen molar-refractivity contribution in [3.63, 3.8) is 0 Å². The molecule has 0 bridgehead atoms. The van der Waals surface area contributed by atoms with Crippen LogP contribution in [0, 0.1) is 6.92 Å². The molecule has 0 atom stereocenters. The molecule has 0 saturated heterocycles. The summed E-state index contributed by atoms with van der Waals surface area (Å²) in [6.07, 6.45) is 3.64. The number of rotatable bonds is 5. The summed E-state index contributed by atoms with van der Waals surface area (Å²) in [5.41, 5.74) is 1.10. The van der Waals surface area contributed by atoms with E-state index in [1.807, 2.05) is 6.92 Å². The quantitative estimate of drug-likeness (QED) is 0.665. The van der Waals surface area contributed by atoms with Crippen LogP contribution in [0.3, 0.4) is 0 Å². The van der Waals surface area contributed by atoms with Gasteiger partial charge in [0.1, 0.15) is 0 Å². The second-order valence-corrected chi connectivity index (χ2v) is 4.80. The Bertz CT molecular complexity index is 541. The lowest BCUT2D eigenvalue weighted by Crippen LogP contribution is -2.20. The van der Waals surface area contributed by atoms with Crippen LogP contribution in [0.4, 0.5) is 5.69 Å². The summed E-state index contributed by atoms with van der Waals surface area (Å²) in [5, 5.41) is 3.22. The normalized spacial score (nSPS) is 10.6. The van der Waals surface area contributed by atoms with Crippen molar-refractivity contribution in [3.05, 3.63) is 39.9 Å². The molecule has 108 valence electrons. The zero-order valence-corrected chi connectivity index (χ0v) is 12.7. The van der Waals surface area contributed by atoms with E-state index in [9.17, 15) is 9.59 Å². The highest BCUT2D eigenvalue weighted by Crippen LogP contribution is 2.32. The highest BCUT2D eigenvalue weighted by atomic mass is 35.5. The van der Waals surface area contributed by atoms with Crippen LogP contribution in [0.15, 0.2) is 24.3 Å². The van der Waals surface area contributed by atoms with Gasteiger partial charge < -0.3 is 10.1 Å². The van der Waals surface area contributed by atoms with Crippen LogP contribution in [0.1, 0.15) is 18.9 Å². The average molecular weight is 316 g/mol. The molecule has 1 aromatic rings. The molecule has 0 radical (unpaired) electrons. The topological polar surface area (TPSA) is 55.4 Å². The lowest BCUT2D eigenvalue weighted by atomic mass is 10.2. The highest BCUT2D eigenvalue weighted by molar-refractivity contribution is 6.40. The van der Waals surface area contributed by atoms with Crippen LogP contribution in [-0.2, 0) is 14.3 Å².